The van der Waals surface area contributed by atoms with E-state index in [2.05, 4.69) is 4.90 Å². The highest BCUT2D eigenvalue weighted by atomic mass is 19.4. The summed E-state index contributed by atoms with van der Waals surface area (Å²) in [6, 6.07) is 26.1. The number of aryl methyl sites for hydroxylation is 3. The number of hydrogen-bond acceptors (Lipinski definition) is 10. The molecule has 7 aromatic rings. The Kier molecular flexibility index (Phi) is 11.4. The first-order valence-electron chi connectivity index (χ1n) is 21.0. The van der Waals surface area contributed by atoms with Gasteiger partial charge in [0.2, 0.25) is 5.88 Å². The third-order valence-electron chi connectivity index (χ3n) is 12.4. The maximum atomic E-state index is 15.4. The number of fused-ring (bicyclic) bond motifs is 4. The van der Waals surface area contributed by atoms with Gasteiger partial charge in [-0.2, -0.15) is 28.2 Å². The Labute approximate surface area is 367 Å². The van der Waals surface area contributed by atoms with E-state index >= 15 is 13.2 Å². The molecular weight excluding hydrogens is 829 g/mol. The summed E-state index contributed by atoms with van der Waals surface area (Å²) in [6.07, 6.45) is -1.77. The molecule has 0 bridgehead atoms. The third kappa shape index (κ3) is 8.06. The minimum Gasteiger partial charge on any atom is -0.497 e. The van der Waals surface area contributed by atoms with Crippen LogP contribution in [0, 0.1) is 6.92 Å². The summed E-state index contributed by atoms with van der Waals surface area (Å²) in [6.45, 7) is 3.84. The number of aromatic nitrogens is 6. The summed E-state index contributed by atoms with van der Waals surface area (Å²) in [5.74, 6) is 1.87. The fourth-order valence-electron chi connectivity index (χ4n) is 9.25. The van der Waals surface area contributed by atoms with Crippen LogP contribution in [0.3, 0.4) is 0 Å². The molecule has 9 rings (SSSR count). The van der Waals surface area contributed by atoms with Crippen molar-refractivity contribution in [1.29, 1.82) is 0 Å². The Morgan fingerprint density at radius 3 is 2.11 bits per heavy atom. The van der Waals surface area contributed by atoms with Crippen molar-refractivity contribution < 1.29 is 36.5 Å². The number of halogens is 4. The van der Waals surface area contributed by atoms with Gasteiger partial charge in [-0.3, -0.25) is 9.58 Å². The number of alkyl halides is 3. The Balaban J connectivity index is 1.19. The molecule has 4 aromatic heterocycles. The maximum absolute atomic E-state index is 15.4. The molecule has 0 aliphatic carbocycles. The molecule has 1 atom stereocenters. The first-order valence-corrected chi connectivity index (χ1v) is 21.0. The summed E-state index contributed by atoms with van der Waals surface area (Å²) in [5, 5.41) is 5.23. The van der Waals surface area contributed by atoms with Crippen molar-refractivity contribution in [2.75, 3.05) is 38.8 Å². The van der Waals surface area contributed by atoms with Gasteiger partial charge in [-0.15, -0.1) is 0 Å². The number of methoxy groups -OCH3 is 2. The molecule has 0 amide bonds. The summed E-state index contributed by atoms with van der Waals surface area (Å²) in [4.78, 5) is 18.7. The highest BCUT2D eigenvalue weighted by Gasteiger charge is 2.47. The van der Waals surface area contributed by atoms with Gasteiger partial charge in [0.15, 0.2) is 5.65 Å². The number of benzene rings is 3. The number of anilines is 1. The van der Waals surface area contributed by atoms with Crippen LogP contribution in [0.15, 0.2) is 96.8 Å². The van der Waals surface area contributed by atoms with E-state index in [1.807, 2.05) is 83.8 Å². The number of rotatable bonds is 14. The van der Waals surface area contributed by atoms with Crippen LogP contribution in [0.4, 0.5) is 23.4 Å². The predicted molar refractivity (Wildman–Crippen MR) is 235 cm³/mol. The largest absolute Gasteiger partial charge is 0.497 e. The van der Waals surface area contributed by atoms with E-state index in [9.17, 15) is 4.39 Å². The molecule has 0 saturated carbocycles. The van der Waals surface area contributed by atoms with E-state index in [4.69, 9.17) is 39.0 Å². The summed E-state index contributed by atoms with van der Waals surface area (Å²) < 4.78 is 86.8. The number of hydrogen-bond donors (Lipinski definition) is 0. The highest BCUT2D eigenvalue weighted by molar-refractivity contribution is 6.11. The van der Waals surface area contributed by atoms with Gasteiger partial charge >= 0.3 is 12.2 Å². The number of nitrogens with zero attached hydrogens (tertiary/aromatic N) is 8. The smallest absolute Gasteiger partial charge is 0.418 e. The standard InChI is InChI=1S/C48H48F4N8O4/c1-30-22-37(59(25-31-12-16-35(61-4)17-13-31)26-32-14-18-36(62-5)19-15-32)53-40(39(30)48(50,51)52)41-43-42(58(3)56-41)38-44(57(43)2)54-46(55-45(38)63-28-33-10-7-6-8-11-33)64-29-47-20-9-21-60(47)27-34(23-47)24-49/h6-8,10-19,22,24H,9,20-21,23,25-29H2,1-5H3/b34-24-/t47-/m0/s1. The first kappa shape index (κ1) is 42.6. The minimum absolute atomic E-state index is 0.0116. The normalized spacial score (nSPS) is 17.1. The molecular formula is C48H48F4N8O4. The van der Waals surface area contributed by atoms with Crippen molar-refractivity contribution >= 4 is 27.9 Å². The average molecular weight is 877 g/mol. The van der Waals surface area contributed by atoms with E-state index in [-0.39, 0.29) is 42.1 Å². The van der Waals surface area contributed by atoms with Crippen LogP contribution in [0.1, 0.15) is 47.1 Å². The molecule has 12 nitrogen and oxygen atoms in total. The lowest BCUT2D eigenvalue weighted by molar-refractivity contribution is -0.137. The fourth-order valence-corrected chi connectivity index (χ4v) is 9.25. The van der Waals surface area contributed by atoms with Crippen molar-refractivity contribution in [3.63, 3.8) is 0 Å². The lowest BCUT2D eigenvalue weighted by Gasteiger charge is -2.30. The lowest BCUT2D eigenvalue weighted by Crippen LogP contribution is -2.43. The molecule has 0 N–H and O–H groups in total. The monoisotopic (exact) mass is 876 g/mol. The van der Waals surface area contributed by atoms with Crippen LogP contribution in [0.25, 0.3) is 33.5 Å². The summed E-state index contributed by atoms with van der Waals surface area (Å²) in [5.41, 5.74) is 2.96. The van der Waals surface area contributed by atoms with Crippen LogP contribution in [0.5, 0.6) is 23.4 Å². The van der Waals surface area contributed by atoms with Gasteiger partial charge in [0.25, 0.3) is 0 Å². The van der Waals surface area contributed by atoms with Crippen LogP contribution < -0.4 is 23.8 Å². The minimum atomic E-state index is -4.79. The van der Waals surface area contributed by atoms with Crippen molar-refractivity contribution in [2.24, 2.45) is 14.1 Å². The Morgan fingerprint density at radius 2 is 1.48 bits per heavy atom. The molecule has 0 unspecified atom stereocenters. The topological polar surface area (TPSA) is 105 Å². The molecule has 2 aliphatic heterocycles. The van der Waals surface area contributed by atoms with Crippen molar-refractivity contribution in [2.45, 2.75) is 57.6 Å². The van der Waals surface area contributed by atoms with Gasteiger partial charge in [0.1, 0.15) is 52.8 Å². The lowest BCUT2D eigenvalue weighted by atomic mass is 9.94. The van der Waals surface area contributed by atoms with Crippen LogP contribution in [-0.2, 0) is 40.0 Å². The quantitative estimate of drug-likeness (QED) is 0.0982. The second-order valence-corrected chi connectivity index (χ2v) is 16.6. The van der Waals surface area contributed by atoms with Gasteiger partial charge in [-0.1, -0.05) is 54.6 Å². The molecule has 0 radical (unpaired) electrons. The third-order valence-corrected chi connectivity index (χ3v) is 12.4. The molecule has 2 aliphatic rings. The summed E-state index contributed by atoms with van der Waals surface area (Å²) >= 11 is 0. The van der Waals surface area contributed by atoms with Gasteiger partial charge in [-0.05, 0) is 90.9 Å². The Morgan fingerprint density at radius 1 is 0.812 bits per heavy atom. The molecule has 2 fully saturated rings. The second-order valence-electron chi connectivity index (χ2n) is 16.6. The maximum Gasteiger partial charge on any atom is 0.418 e. The SMILES string of the molecule is COc1ccc(CN(Cc2ccc(OC)cc2)c2cc(C)c(C(F)(F)F)c(-c3nn(C)c4c5c(OCc6ccccc6)nc(OC[C@@]67CCCN6C/C(=C\F)C7)nc5n(C)c34)n2)cc1. The molecule has 64 heavy (non-hydrogen) atoms. The average Bonchev–Trinajstić information content (AvgIpc) is 4.03. The van der Waals surface area contributed by atoms with Crippen LogP contribution in [-0.4, -0.2) is 73.7 Å². The van der Waals surface area contributed by atoms with Gasteiger partial charge < -0.3 is 28.4 Å². The zero-order chi connectivity index (χ0) is 44.8. The van der Waals surface area contributed by atoms with Gasteiger partial charge in [-0.25, -0.2) is 9.37 Å². The Hall–Kier alpha value is -6.68. The molecule has 332 valence electrons. The molecule has 0 spiro atoms. The van der Waals surface area contributed by atoms with E-state index in [0.717, 1.165) is 41.6 Å². The molecule has 6 heterocycles. The van der Waals surface area contributed by atoms with Crippen molar-refractivity contribution in [1.82, 2.24) is 34.2 Å². The van der Waals surface area contributed by atoms with Crippen LogP contribution >= 0.6 is 0 Å². The highest BCUT2D eigenvalue weighted by Crippen LogP contribution is 2.45. The zero-order valence-corrected chi connectivity index (χ0v) is 36.2. The van der Waals surface area contributed by atoms with Crippen LogP contribution in [0.2, 0.25) is 0 Å². The Bertz CT molecular complexity index is 2800. The van der Waals surface area contributed by atoms with E-state index in [0.29, 0.717) is 71.8 Å². The van der Waals surface area contributed by atoms with E-state index in [1.165, 1.54) is 17.7 Å². The number of pyridine rings is 1. The molecule has 16 heteroatoms. The van der Waals surface area contributed by atoms with Gasteiger partial charge in [0.05, 0.1) is 37.2 Å². The van der Waals surface area contributed by atoms with E-state index < -0.39 is 17.3 Å². The number of ether oxygens (including phenoxy) is 4. The first-order chi connectivity index (χ1) is 30.9. The van der Waals surface area contributed by atoms with Crippen molar-refractivity contribution in [3.8, 4) is 34.8 Å². The van der Waals surface area contributed by atoms with E-state index in [1.54, 1.807) is 32.9 Å². The van der Waals surface area contributed by atoms with Crippen molar-refractivity contribution in [3.05, 3.63) is 125 Å². The molecule has 2 saturated heterocycles. The zero-order valence-electron chi connectivity index (χ0n) is 36.2. The van der Waals surface area contributed by atoms with Gasteiger partial charge in [0, 0.05) is 33.7 Å². The summed E-state index contributed by atoms with van der Waals surface area (Å²) in [7, 11) is 6.58. The second kappa shape index (κ2) is 17.1. The predicted octanol–water partition coefficient (Wildman–Crippen LogP) is 9.52. The molecule has 3 aromatic carbocycles. The fraction of sp³-hybridized carbons (Fsp3) is 0.333.